The number of amides is 1. The number of hydrogen-bond acceptors (Lipinski definition) is 7. The Hall–Kier alpha value is -2.57. The van der Waals surface area contributed by atoms with Crippen molar-refractivity contribution in [3.8, 4) is 17.5 Å². The molecule has 1 atom stereocenters. The first-order chi connectivity index (χ1) is 15.0. The van der Waals surface area contributed by atoms with Crippen LogP contribution in [0.4, 0.5) is 5.00 Å². The molecule has 1 aliphatic rings. The predicted octanol–water partition coefficient (Wildman–Crippen LogP) is 5.05. The van der Waals surface area contributed by atoms with Crippen LogP contribution in [0.25, 0.3) is 11.4 Å². The Kier molecular flexibility index (Phi) is 6.49. The van der Waals surface area contributed by atoms with E-state index in [0.29, 0.717) is 28.2 Å². The van der Waals surface area contributed by atoms with Crippen LogP contribution < -0.4 is 5.32 Å². The molecule has 1 aliphatic carbocycles. The average molecular weight is 456 g/mol. The molecule has 31 heavy (non-hydrogen) atoms. The minimum atomic E-state index is -0.140. The number of nitriles is 1. The molecule has 162 valence electrons. The van der Waals surface area contributed by atoms with Crippen molar-refractivity contribution in [3.05, 3.63) is 34.1 Å². The van der Waals surface area contributed by atoms with E-state index in [0.717, 1.165) is 48.4 Å². The van der Waals surface area contributed by atoms with Crippen LogP contribution in [0, 0.1) is 24.2 Å². The van der Waals surface area contributed by atoms with Gasteiger partial charge in [0.2, 0.25) is 5.91 Å². The fraction of sp³-hybridized carbons (Fsp3) is 0.455. The third-order valence-electron chi connectivity index (χ3n) is 5.77. The van der Waals surface area contributed by atoms with Gasteiger partial charge in [0.1, 0.15) is 16.8 Å². The van der Waals surface area contributed by atoms with Crippen molar-refractivity contribution in [2.45, 2.75) is 58.2 Å². The summed E-state index contributed by atoms with van der Waals surface area (Å²) in [7, 11) is 0. The lowest BCUT2D eigenvalue weighted by Crippen LogP contribution is -2.15. The molecular weight excluding hydrogens is 430 g/mol. The van der Waals surface area contributed by atoms with Crippen LogP contribution in [0.3, 0.4) is 0 Å². The number of furan rings is 1. The molecule has 0 saturated carbocycles. The van der Waals surface area contributed by atoms with Crippen molar-refractivity contribution in [2.75, 3.05) is 11.1 Å². The number of aromatic nitrogens is 3. The monoisotopic (exact) mass is 455 g/mol. The van der Waals surface area contributed by atoms with Crippen LogP contribution in [-0.4, -0.2) is 26.4 Å². The van der Waals surface area contributed by atoms with Crippen LogP contribution >= 0.6 is 23.1 Å². The zero-order valence-electron chi connectivity index (χ0n) is 17.9. The molecule has 3 heterocycles. The molecule has 1 N–H and O–H groups in total. The fourth-order valence-electron chi connectivity index (χ4n) is 4.00. The van der Waals surface area contributed by atoms with Gasteiger partial charge in [0.05, 0.1) is 23.1 Å². The summed E-state index contributed by atoms with van der Waals surface area (Å²) in [5.41, 5.74) is 2.67. The average Bonchev–Trinajstić information content (AvgIpc) is 3.46. The molecule has 0 saturated heterocycles. The maximum absolute atomic E-state index is 12.7. The van der Waals surface area contributed by atoms with E-state index in [9.17, 15) is 10.1 Å². The van der Waals surface area contributed by atoms with Gasteiger partial charge in [-0.15, -0.1) is 21.5 Å². The maximum Gasteiger partial charge on any atom is 0.235 e. The van der Waals surface area contributed by atoms with Crippen molar-refractivity contribution < 1.29 is 9.21 Å². The third kappa shape index (κ3) is 4.27. The van der Waals surface area contributed by atoms with E-state index >= 15 is 0 Å². The van der Waals surface area contributed by atoms with Gasteiger partial charge in [-0.25, -0.2) is 0 Å². The summed E-state index contributed by atoms with van der Waals surface area (Å²) >= 11 is 2.90. The molecule has 3 aromatic rings. The van der Waals surface area contributed by atoms with Crippen LogP contribution in [0.15, 0.2) is 21.9 Å². The molecule has 1 amide bonds. The molecule has 7 nitrogen and oxygen atoms in total. The van der Waals surface area contributed by atoms with E-state index in [-0.39, 0.29) is 11.7 Å². The Morgan fingerprint density at radius 2 is 2.29 bits per heavy atom. The molecule has 9 heteroatoms. The lowest BCUT2D eigenvalue weighted by molar-refractivity contribution is -0.113. The van der Waals surface area contributed by atoms with Gasteiger partial charge in [-0.2, -0.15) is 5.26 Å². The minimum Gasteiger partial charge on any atom is -0.469 e. The fourth-order valence-corrected chi connectivity index (χ4v) is 6.13. The largest absolute Gasteiger partial charge is 0.469 e. The summed E-state index contributed by atoms with van der Waals surface area (Å²) in [6.45, 7) is 6.81. The second-order valence-electron chi connectivity index (χ2n) is 7.61. The van der Waals surface area contributed by atoms with Crippen LogP contribution in [0.5, 0.6) is 0 Å². The van der Waals surface area contributed by atoms with E-state index in [2.05, 4.69) is 28.5 Å². The molecular formula is C22H25N5O2S2. The van der Waals surface area contributed by atoms with E-state index < -0.39 is 0 Å². The number of rotatable bonds is 7. The summed E-state index contributed by atoms with van der Waals surface area (Å²) in [6, 6.07) is 4.18. The lowest BCUT2D eigenvalue weighted by atomic mass is 9.86. The lowest BCUT2D eigenvalue weighted by Gasteiger charge is -2.20. The molecule has 0 spiro atoms. The highest BCUT2D eigenvalue weighted by Gasteiger charge is 2.26. The Labute approximate surface area is 189 Å². The smallest absolute Gasteiger partial charge is 0.235 e. The van der Waals surface area contributed by atoms with E-state index in [1.165, 1.54) is 16.6 Å². The number of carbonyl (C=O) groups is 1. The number of anilines is 1. The number of nitrogens with one attached hydrogen (secondary N) is 1. The topological polar surface area (TPSA) is 96.7 Å². The SMILES string of the molecule is CCC1CCc2c(sc(NC(=O)CSc3nnc(-c4ccoc4C)n3CC)c2C#N)C1. The minimum absolute atomic E-state index is 0.140. The number of nitrogens with zero attached hydrogens (tertiary/aromatic N) is 4. The quantitative estimate of drug-likeness (QED) is 0.501. The van der Waals surface area contributed by atoms with Crippen LogP contribution in [0.2, 0.25) is 0 Å². The predicted molar refractivity (Wildman–Crippen MR) is 122 cm³/mol. The van der Waals surface area contributed by atoms with E-state index in [4.69, 9.17) is 4.42 Å². The number of fused-ring (bicyclic) bond motifs is 1. The van der Waals surface area contributed by atoms with Gasteiger partial charge >= 0.3 is 0 Å². The highest BCUT2D eigenvalue weighted by atomic mass is 32.2. The zero-order chi connectivity index (χ0) is 22.0. The Bertz CT molecular complexity index is 1140. The van der Waals surface area contributed by atoms with Crippen molar-refractivity contribution in [1.82, 2.24) is 14.8 Å². The van der Waals surface area contributed by atoms with E-state index in [1.54, 1.807) is 17.6 Å². The van der Waals surface area contributed by atoms with Gasteiger partial charge in [-0.1, -0.05) is 25.1 Å². The standard InChI is InChI=1S/C22H25N5O2S2/c1-4-14-6-7-16-17(11-23)21(31-18(16)10-14)24-19(28)12-30-22-26-25-20(27(22)5-2)15-8-9-29-13(15)3/h8-9,14H,4-7,10,12H2,1-3H3,(H,24,28). The van der Waals surface area contributed by atoms with Gasteiger partial charge in [0.25, 0.3) is 0 Å². The second-order valence-corrected chi connectivity index (χ2v) is 9.66. The van der Waals surface area contributed by atoms with Crippen molar-refractivity contribution in [2.24, 2.45) is 5.92 Å². The van der Waals surface area contributed by atoms with Gasteiger partial charge in [0, 0.05) is 11.4 Å². The molecule has 4 rings (SSSR count). The van der Waals surface area contributed by atoms with Crippen LogP contribution in [0.1, 0.15) is 48.5 Å². The molecule has 0 fully saturated rings. The number of hydrogen-bond donors (Lipinski definition) is 1. The first-order valence-electron chi connectivity index (χ1n) is 10.5. The van der Waals surface area contributed by atoms with Gasteiger partial charge in [-0.05, 0) is 50.7 Å². The Balaban J connectivity index is 1.45. The number of thiophene rings is 1. The van der Waals surface area contributed by atoms with Gasteiger partial charge < -0.3 is 14.3 Å². The summed E-state index contributed by atoms with van der Waals surface area (Å²) in [5.74, 6) is 2.25. The molecule has 0 radical (unpaired) electrons. The third-order valence-corrected chi connectivity index (χ3v) is 7.91. The van der Waals surface area contributed by atoms with Crippen molar-refractivity contribution in [1.29, 1.82) is 5.26 Å². The molecule has 0 aliphatic heterocycles. The van der Waals surface area contributed by atoms with Gasteiger partial charge in [0.15, 0.2) is 11.0 Å². The first kappa shape index (κ1) is 21.7. The summed E-state index contributed by atoms with van der Waals surface area (Å²) in [6.07, 6.45) is 5.83. The Morgan fingerprint density at radius 3 is 2.97 bits per heavy atom. The van der Waals surface area contributed by atoms with E-state index in [1.807, 2.05) is 24.5 Å². The van der Waals surface area contributed by atoms with Crippen molar-refractivity contribution >= 4 is 34.0 Å². The van der Waals surface area contributed by atoms with Crippen LogP contribution in [-0.2, 0) is 24.2 Å². The normalized spacial score (nSPS) is 15.5. The molecule has 0 bridgehead atoms. The number of carbonyl (C=O) groups excluding carboxylic acids is 1. The first-order valence-corrected chi connectivity index (χ1v) is 12.3. The zero-order valence-corrected chi connectivity index (χ0v) is 19.5. The molecule has 1 unspecified atom stereocenters. The highest BCUT2D eigenvalue weighted by molar-refractivity contribution is 7.99. The highest BCUT2D eigenvalue weighted by Crippen LogP contribution is 2.40. The Morgan fingerprint density at radius 1 is 1.45 bits per heavy atom. The van der Waals surface area contributed by atoms with Gasteiger partial charge in [-0.3, -0.25) is 4.79 Å². The number of thioether (sulfide) groups is 1. The number of aryl methyl sites for hydroxylation is 1. The van der Waals surface area contributed by atoms with Crippen molar-refractivity contribution in [3.63, 3.8) is 0 Å². The summed E-state index contributed by atoms with van der Waals surface area (Å²) < 4.78 is 7.36. The second kappa shape index (κ2) is 9.28. The summed E-state index contributed by atoms with van der Waals surface area (Å²) in [5, 5.41) is 22.6. The molecule has 3 aromatic heterocycles. The summed E-state index contributed by atoms with van der Waals surface area (Å²) in [4.78, 5) is 13.9. The maximum atomic E-state index is 12.7. The molecule has 0 aromatic carbocycles.